The van der Waals surface area contributed by atoms with Crippen LogP contribution in [0.2, 0.25) is 0 Å². The SMILES string of the molecule is O=C(O)[C@H]1Cc2ccccc2N1S(=O)(=O)c1ccc(S)cc1.[Na]. The molecule has 0 spiro atoms. The number of fused-ring (bicyclic) bond motifs is 1. The van der Waals surface area contributed by atoms with Crippen LogP contribution in [0.15, 0.2) is 58.3 Å². The fraction of sp³-hybridized carbons (Fsp3) is 0.133. The van der Waals surface area contributed by atoms with Gasteiger partial charge < -0.3 is 5.11 Å². The van der Waals surface area contributed by atoms with E-state index in [0.29, 0.717) is 16.1 Å². The van der Waals surface area contributed by atoms with Gasteiger partial charge in [0.15, 0.2) is 0 Å². The Labute approximate surface area is 162 Å². The molecule has 1 heterocycles. The van der Waals surface area contributed by atoms with Gasteiger partial charge >= 0.3 is 5.97 Å². The number of carboxylic acids is 1. The number of thiol groups is 1. The molecule has 0 aromatic heterocycles. The minimum atomic E-state index is -3.94. The van der Waals surface area contributed by atoms with Gasteiger partial charge in [-0.05, 0) is 35.9 Å². The summed E-state index contributed by atoms with van der Waals surface area (Å²) in [5.41, 5.74) is 1.13. The second-order valence-corrected chi connectivity index (χ2v) is 7.31. The first-order valence-electron chi connectivity index (χ1n) is 6.55. The predicted octanol–water partition coefficient (Wildman–Crippen LogP) is 1.80. The normalized spacial score (nSPS) is 16.6. The number of benzene rings is 2. The molecule has 1 aliphatic rings. The Balaban J connectivity index is 0.00000192. The van der Waals surface area contributed by atoms with E-state index in [4.69, 9.17) is 0 Å². The topological polar surface area (TPSA) is 74.7 Å². The van der Waals surface area contributed by atoms with Crippen molar-refractivity contribution in [2.24, 2.45) is 0 Å². The van der Waals surface area contributed by atoms with E-state index in [1.54, 1.807) is 36.4 Å². The maximum Gasteiger partial charge on any atom is 0.327 e. The first-order valence-corrected chi connectivity index (χ1v) is 8.44. The third kappa shape index (κ3) is 3.29. The molecule has 2 aromatic carbocycles. The first kappa shape index (κ1) is 18.4. The quantitative estimate of drug-likeness (QED) is 0.648. The summed E-state index contributed by atoms with van der Waals surface area (Å²) < 4.78 is 26.7. The zero-order valence-electron chi connectivity index (χ0n) is 12.4. The van der Waals surface area contributed by atoms with Crippen LogP contribution in [0.25, 0.3) is 0 Å². The summed E-state index contributed by atoms with van der Waals surface area (Å²) in [6.07, 6.45) is 0.162. The van der Waals surface area contributed by atoms with E-state index in [1.165, 1.54) is 12.1 Å². The van der Waals surface area contributed by atoms with Crippen LogP contribution < -0.4 is 4.31 Å². The van der Waals surface area contributed by atoms with Crippen LogP contribution in [-0.4, -0.2) is 55.1 Å². The van der Waals surface area contributed by atoms with Gasteiger partial charge in [0.2, 0.25) is 0 Å². The van der Waals surface area contributed by atoms with Crippen molar-refractivity contribution in [1.82, 2.24) is 0 Å². The molecule has 115 valence electrons. The molecule has 0 bridgehead atoms. The van der Waals surface area contributed by atoms with Crippen molar-refractivity contribution in [3.8, 4) is 0 Å². The van der Waals surface area contributed by atoms with E-state index in [9.17, 15) is 18.3 Å². The van der Waals surface area contributed by atoms with Gasteiger partial charge in [-0.15, -0.1) is 12.6 Å². The molecular formula is C15H13NNaO4S2. The van der Waals surface area contributed by atoms with Gasteiger partial charge in [-0.2, -0.15) is 0 Å². The van der Waals surface area contributed by atoms with Crippen LogP contribution in [0, 0.1) is 0 Å². The van der Waals surface area contributed by atoms with Crippen molar-refractivity contribution in [3.63, 3.8) is 0 Å². The van der Waals surface area contributed by atoms with Crippen molar-refractivity contribution in [3.05, 3.63) is 54.1 Å². The van der Waals surface area contributed by atoms with Crippen molar-refractivity contribution in [2.45, 2.75) is 22.3 Å². The Kier molecular flexibility index (Phi) is 5.48. The molecule has 1 aliphatic heterocycles. The van der Waals surface area contributed by atoms with Gasteiger partial charge in [0.1, 0.15) is 6.04 Å². The van der Waals surface area contributed by atoms with Crippen molar-refractivity contribution >= 4 is 63.9 Å². The molecule has 3 rings (SSSR count). The summed E-state index contributed by atoms with van der Waals surface area (Å²) in [6.45, 7) is 0. The smallest absolute Gasteiger partial charge is 0.327 e. The molecule has 0 amide bonds. The number of hydrogen-bond acceptors (Lipinski definition) is 4. The van der Waals surface area contributed by atoms with Gasteiger partial charge in [-0.3, -0.25) is 4.31 Å². The zero-order valence-corrected chi connectivity index (χ0v) is 16.1. The maximum atomic E-state index is 12.9. The number of aliphatic carboxylic acids is 1. The Morgan fingerprint density at radius 1 is 1.13 bits per heavy atom. The molecule has 0 fully saturated rings. The van der Waals surface area contributed by atoms with E-state index < -0.39 is 22.0 Å². The number of para-hydroxylation sites is 1. The van der Waals surface area contributed by atoms with E-state index in [1.807, 2.05) is 0 Å². The molecule has 2 aromatic rings. The predicted molar refractivity (Wildman–Crippen MR) is 90.7 cm³/mol. The van der Waals surface area contributed by atoms with Crippen LogP contribution in [0.4, 0.5) is 5.69 Å². The van der Waals surface area contributed by atoms with Crippen LogP contribution in [0.1, 0.15) is 5.56 Å². The van der Waals surface area contributed by atoms with Crippen LogP contribution >= 0.6 is 12.6 Å². The van der Waals surface area contributed by atoms with Crippen LogP contribution in [-0.2, 0) is 21.2 Å². The van der Waals surface area contributed by atoms with Gasteiger partial charge in [0.25, 0.3) is 10.0 Å². The zero-order chi connectivity index (χ0) is 15.9. The molecule has 0 saturated heterocycles. The average molecular weight is 358 g/mol. The Bertz CT molecular complexity index is 837. The minimum absolute atomic E-state index is 0. The second-order valence-electron chi connectivity index (χ2n) is 4.98. The minimum Gasteiger partial charge on any atom is -0.480 e. The summed E-state index contributed by atoms with van der Waals surface area (Å²) >= 11 is 4.13. The summed E-state index contributed by atoms with van der Waals surface area (Å²) in [7, 11) is -3.94. The molecule has 0 aliphatic carbocycles. The second kappa shape index (κ2) is 6.86. The molecule has 1 radical (unpaired) electrons. The number of carboxylic acid groups (broad SMARTS) is 1. The fourth-order valence-corrected chi connectivity index (χ4v) is 4.37. The first-order chi connectivity index (χ1) is 10.4. The van der Waals surface area contributed by atoms with Crippen LogP contribution in [0.5, 0.6) is 0 Å². The molecule has 1 atom stereocenters. The van der Waals surface area contributed by atoms with E-state index in [-0.39, 0.29) is 40.9 Å². The number of anilines is 1. The number of hydrogen-bond donors (Lipinski definition) is 2. The average Bonchev–Trinajstić information content (AvgIpc) is 2.88. The summed E-state index contributed by atoms with van der Waals surface area (Å²) in [5, 5.41) is 9.39. The van der Waals surface area contributed by atoms with Crippen molar-refractivity contribution in [1.29, 1.82) is 0 Å². The summed E-state index contributed by atoms with van der Waals surface area (Å²) in [5.74, 6) is -1.16. The monoisotopic (exact) mass is 358 g/mol. The number of nitrogens with zero attached hydrogens (tertiary/aromatic N) is 1. The fourth-order valence-electron chi connectivity index (χ4n) is 2.57. The van der Waals surface area contributed by atoms with Gasteiger partial charge in [0.05, 0.1) is 10.6 Å². The standard InChI is InChI=1S/C15H13NO4S2.Na/c17-15(18)14-9-10-3-1-2-4-13(10)16(14)22(19,20)12-7-5-11(21)6-8-12;/h1-8,14,21H,9H2,(H,17,18);/t14-;/m1./s1. The Morgan fingerprint density at radius 3 is 2.35 bits per heavy atom. The van der Waals surface area contributed by atoms with Crippen molar-refractivity contribution in [2.75, 3.05) is 4.31 Å². The largest absolute Gasteiger partial charge is 0.480 e. The Morgan fingerprint density at radius 2 is 1.74 bits per heavy atom. The molecule has 0 saturated carbocycles. The number of sulfonamides is 1. The van der Waals surface area contributed by atoms with E-state index in [0.717, 1.165) is 4.31 Å². The molecule has 8 heteroatoms. The summed E-state index contributed by atoms with van der Waals surface area (Å²) in [4.78, 5) is 12.2. The van der Waals surface area contributed by atoms with Crippen LogP contribution in [0.3, 0.4) is 0 Å². The Hall–Kier alpha value is -0.990. The maximum absolute atomic E-state index is 12.9. The molecular weight excluding hydrogens is 345 g/mol. The van der Waals surface area contributed by atoms with Gasteiger partial charge in [-0.1, -0.05) is 18.2 Å². The molecule has 5 nitrogen and oxygen atoms in total. The molecule has 0 unspecified atom stereocenters. The number of carbonyl (C=O) groups is 1. The molecule has 23 heavy (non-hydrogen) atoms. The van der Waals surface area contributed by atoms with Gasteiger partial charge in [-0.25, -0.2) is 13.2 Å². The van der Waals surface area contributed by atoms with E-state index in [2.05, 4.69) is 12.6 Å². The third-order valence-corrected chi connectivity index (χ3v) is 5.74. The van der Waals surface area contributed by atoms with Gasteiger partial charge in [0, 0.05) is 40.9 Å². The number of rotatable bonds is 3. The van der Waals surface area contributed by atoms with E-state index >= 15 is 0 Å². The summed E-state index contributed by atoms with van der Waals surface area (Å²) in [6, 6.07) is 11.7. The third-order valence-electron chi connectivity index (χ3n) is 3.60. The molecule has 1 N–H and O–H groups in total. The van der Waals surface area contributed by atoms with Crippen molar-refractivity contribution < 1.29 is 18.3 Å².